The average Bonchev–Trinajstić information content (AvgIpc) is 4.00. The number of methoxy groups -OCH3 is 2. The van der Waals surface area contributed by atoms with Gasteiger partial charge in [-0.1, -0.05) is 76.2 Å². The topological polar surface area (TPSA) is 180 Å². The van der Waals surface area contributed by atoms with E-state index in [2.05, 4.69) is 74.4 Å². The molecule has 1 unspecified atom stereocenters. The zero-order valence-corrected chi connectivity index (χ0v) is 32.3. The summed E-state index contributed by atoms with van der Waals surface area (Å²) in [4.78, 5) is 67.5. The van der Waals surface area contributed by atoms with Crippen molar-refractivity contribution in [2.45, 2.75) is 70.7 Å². The highest BCUT2D eigenvalue weighted by atomic mass is 16.5. The van der Waals surface area contributed by atoms with E-state index in [1.165, 1.54) is 14.2 Å². The molecule has 294 valence electrons. The minimum absolute atomic E-state index is 0.0552. The number of amidine groups is 1. The molecule has 3 aliphatic rings. The zero-order valence-electron chi connectivity index (χ0n) is 32.3. The number of aromatic nitrogens is 2. The Morgan fingerprint density at radius 1 is 0.800 bits per heavy atom. The summed E-state index contributed by atoms with van der Waals surface area (Å²) in [6.07, 6.45) is 2.16. The Morgan fingerprint density at radius 3 is 1.95 bits per heavy atom. The second kappa shape index (κ2) is 17.4. The van der Waals surface area contributed by atoms with Crippen molar-refractivity contribution in [3.05, 3.63) is 66.1 Å². The molecule has 2 aromatic carbocycles. The molecule has 3 aromatic rings. The summed E-state index contributed by atoms with van der Waals surface area (Å²) in [7, 11) is 2.57. The molecular weight excluding hydrogens is 704 g/mol. The van der Waals surface area contributed by atoms with Crippen LogP contribution in [0.4, 0.5) is 9.59 Å². The number of rotatable bonds is 11. The standard InChI is InChI=1S/C40H52N8O7/c1-23(2)33(45-39(51)53-5)37(49)47-17-7-8-31(47)35-41-20-29(43-35)27-13-9-25(10-14-27)26-11-15-28(16-12-26)30-21-42-36(44-30)32-22-55-19-18-48(32)38(50)34(24(3)4)46-40(52)54-6/h9-16,20,23-24,30-34H,7-8,17-19,21-22H2,1-6H3,(H,41,43)(H,42,44)(H,45,51)(H,46,52)/t30?,31-,32-,33-,34-/m0/s1. The van der Waals surface area contributed by atoms with Crippen LogP contribution in [0.1, 0.15) is 64.0 Å². The fourth-order valence-electron chi connectivity index (χ4n) is 7.42. The third-order valence-electron chi connectivity index (χ3n) is 10.6. The smallest absolute Gasteiger partial charge is 0.407 e. The van der Waals surface area contributed by atoms with Crippen LogP contribution in [0.5, 0.6) is 0 Å². The number of carbonyl (C=O) groups is 4. The van der Waals surface area contributed by atoms with E-state index in [0.29, 0.717) is 38.7 Å². The number of benzene rings is 2. The van der Waals surface area contributed by atoms with E-state index >= 15 is 0 Å². The van der Waals surface area contributed by atoms with Gasteiger partial charge in [0.1, 0.15) is 29.8 Å². The number of nitrogens with one attached hydrogen (secondary N) is 4. The highest BCUT2D eigenvalue weighted by Gasteiger charge is 2.40. The maximum Gasteiger partial charge on any atom is 0.407 e. The SMILES string of the molecule is COC(=O)N[C@H](C(=O)N1CCOC[C@H]1C1=NCC(c2ccc(-c3ccc(-c4cnc([C@@H]5CCCN5C(=O)[C@@H](NC(=O)OC)C(C)C)[nH]4)cc3)cc2)N1)C(C)C. The molecule has 15 heteroatoms. The van der Waals surface area contributed by atoms with Crippen molar-refractivity contribution < 1.29 is 33.4 Å². The number of amides is 4. The van der Waals surface area contributed by atoms with Gasteiger partial charge in [0.2, 0.25) is 11.8 Å². The lowest BCUT2D eigenvalue weighted by molar-refractivity contribution is -0.140. The van der Waals surface area contributed by atoms with Gasteiger partial charge in [-0.2, -0.15) is 0 Å². The van der Waals surface area contributed by atoms with Crippen molar-refractivity contribution in [1.29, 1.82) is 0 Å². The summed E-state index contributed by atoms with van der Waals surface area (Å²) in [6, 6.07) is 14.6. The summed E-state index contributed by atoms with van der Waals surface area (Å²) in [5.74, 6) is 0.844. The van der Waals surface area contributed by atoms with Crippen molar-refractivity contribution in [3.8, 4) is 22.4 Å². The van der Waals surface area contributed by atoms with Crippen molar-refractivity contribution in [1.82, 2.24) is 35.7 Å². The summed E-state index contributed by atoms with van der Waals surface area (Å²) in [5, 5.41) is 8.91. The summed E-state index contributed by atoms with van der Waals surface area (Å²) < 4.78 is 15.3. The number of aliphatic imine (C=N–C) groups is 1. The molecule has 1 aromatic heterocycles. The minimum Gasteiger partial charge on any atom is -0.453 e. The number of nitrogens with zero attached hydrogens (tertiary/aromatic N) is 4. The molecule has 2 saturated heterocycles. The Hall–Kier alpha value is -5.44. The van der Waals surface area contributed by atoms with E-state index in [-0.39, 0.29) is 41.8 Å². The number of likely N-dealkylation sites (tertiary alicyclic amines) is 1. The van der Waals surface area contributed by atoms with Crippen LogP contribution < -0.4 is 16.0 Å². The number of H-pyrrole nitrogens is 1. The van der Waals surface area contributed by atoms with Crippen LogP contribution in [0.3, 0.4) is 0 Å². The van der Waals surface area contributed by atoms with Gasteiger partial charge >= 0.3 is 12.2 Å². The van der Waals surface area contributed by atoms with Gasteiger partial charge in [-0.3, -0.25) is 14.6 Å². The highest BCUT2D eigenvalue weighted by Crippen LogP contribution is 2.33. The molecule has 4 amide bonds. The Balaban J connectivity index is 1.08. The lowest BCUT2D eigenvalue weighted by Crippen LogP contribution is -2.60. The maximum atomic E-state index is 13.6. The van der Waals surface area contributed by atoms with Gasteiger partial charge in [0.05, 0.1) is 58.0 Å². The third kappa shape index (κ3) is 8.77. The molecule has 15 nitrogen and oxygen atoms in total. The Morgan fingerprint density at radius 2 is 1.36 bits per heavy atom. The molecule has 0 saturated carbocycles. The zero-order chi connectivity index (χ0) is 39.2. The average molecular weight is 757 g/mol. The molecule has 4 N–H and O–H groups in total. The van der Waals surface area contributed by atoms with Crippen molar-refractivity contribution in [2.75, 3.05) is 47.1 Å². The first-order valence-electron chi connectivity index (χ1n) is 18.9. The fourth-order valence-corrected chi connectivity index (χ4v) is 7.42. The van der Waals surface area contributed by atoms with Gasteiger partial charge in [0.25, 0.3) is 0 Å². The Bertz CT molecular complexity index is 1860. The molecule has 6 rings (SSSR count). The Labute approximate surface area is 321 Å². The van der Waals surface area contributed by atoms with E-state index in [1.54, 1.807) is 16.0 Å². The number of ether oxygens (including phenoxy) is 3. The van der Waals surface area contributed by atoms with E-state index in [9.17, 15) is 19.2 Å². The van der Waals surface area contributed by atoms with Gasteiger partial charge in [0, 0.05) is 13.1 Å². The molecule has 4 heterocycles. The predicted molar refractivity (Wildman–Crippen MR) is 206 cm³/mol. The molecule has 0 bridgehead atoms. The summed E-state index contributed by atoms with van der Waals surface area (Å²) >= 11 is 0. The van der Waals surface area contributed by atoms with E-state index in [0.717, 1.165) is 46.6 Å². The van der Waals surface area contributed by atoms with E-state index in [4.69, 9.17) is 19.2 Å². The molecule has 3 aliphatic heterocycles. The molecule has 2 fully saturated rings. The molecule has 55 heavy (non-hydrogen) atoms. The number of alkyl carbamates (subject to hydrolysis) is 2. The minimum atomic E-state index is -0.730. The van der Waals surface area contributed by atoms with Gasteiger partial charge in [-0.15, -0.1) is 0 Å². The highest BCUT2D eigenvalue weighted by molar-refractivity contribution is 5.95. The number of morpholine rings is 1. The van der Waals surface area contributed by atoms with Crippen LogP contribution in [0.15, 0.2) is 59.7 Å². The van der Waals surface area contributed by atoms with Gasteiger partial charge < -0.3 is 44.9 Å². The molecule has 0 aliphatic carbocycles. The molecule has 5 atom stereocenters. The van der Waals surface area contributed by atoms with Crippen LogP contribution in [0.25, 0.3) is 22.4 Å². The molecular formula is C40H52N8O7. The predicted octanol–water partition coefficient (Wildman–Crippen LogP) is 4.44. The second-order valence-corrected chi connectivity index (χ2v) is 14.8. The first-order chi connectivity index (χ1) is 26.5. The number of carbonyl (C=O) groups excluding carboxylic acids is 4. The lowest BCUT2D eigenvalue weighted by atomic mass is 9.99. The number of imidazole rings is 1. The van der Waals surface area contributed by atoms with Crippen molar-refractivity contribution in [2.24, 2.45) is 16.8 Å². The monoisotopic (exact) mass is 756 g/mol. The number of aromatic amines is 1. The molecule has 0 radical (unpaired) electrons. The van der Waals surface area contributed by atoms with Crippen LogP contribution in [-0.4, -0.2) is 115 Å². The molecule has 0 spiro atoms. The fraction of sp³-hybridized carbons (Fsp3) is 0.500. The normalized spacial score (nSPS) is 20.8. The van der Waals surface area contributed by atoms with Gasteiger partial charge in [-0.05, 0) is 46.9 Å². The van der Waals surface area contributed by atoms with Crippen LogP contribution in [-0.2, 0) is 23.8 Å². The van der Waals surface area contributed by atoms with E-state index < -0.39 is 24.3 Å². The summed E-state index contributed by atoms with van der Waals surface area (Å²) in [6.45, 7) is 9.81. The maximum absolute atomic E-state index is 13.6. The largest absolute Gasteiger partial charge is 0.453 e. The first kappa shape index (κ1) is 39.3. The van der Waals surface area contributed by atoms with Crippen LogP contribution in [0.2, 0.25) is 0 Å². The number of hydrogen-bond acceptors (Lipinski definition) is 10. The van der Waals surface area contributed by atoms with Gasteiger partial charge in [-0.25, -0.2) is 14.6 Å². The number of hydrogen-bond donors (Lipinski definition) is 4. The third-order valence-corrected chi connectivity index (χ3v) is 10.6. The Kier molecular flexibility index (Phi) is 12.4. The quantitative estimate of drug-likeness (QED) is 0.220. The van der Waals surface area contributed by atoms with Crippen molar-refractivity contribution >= 4 is 29.8 Å². The van der Waals surface area contributed by atoms with Crippen molar-refractivity contribution in [3.63, 3.8) is 0 Å². The summed E-state index contributed by atoms with van der Waals surface area (Å²) in [5.41, 5.74) is 5.03. The van der Waals surface area contributed by atoms with Crippen LogP contribution >= 0.6 is 0 Å². The van der Waals surface area contributed by atoms with Crippen LogP contribution in [0, 0.1) is 11.8 Å². The lowest BCUT2D eigenvalue weighted by Gasteiger charge is -2.38. The van der Waals surface area contributed by atoms with E-state index in [1.807, 2.05) is 27.7 Å². The van der Waals surface area contributed by atoms with Gasteiger partial charge in [0.15, 0.2) is 0 Å². The second-order valence-electron chi connectivity index (χ2n) is 14.8. The first-order valence-corrected chi connectivity index (χ1v) is 18.9.